The molecule has 3 N–H and O–H groups in total. The molecule has 0 amide bonds. The SMILES string of the molecule is COC(=O)/C(=C(/Nc1ccccn1)Nc1n[nH]c(-c2ccccc2)c1C1=CCCCC1)c1ccc(OC)cc1. The molecule has 0 unspecified atom stereocenters. The summed E-state index contributed by atoms with van der Waals surface area (Å²) in [5.74, 6) is 1.74. The molecule has 0 saturated carbocycles. The Hall–Kier alpha value is -4.85. The van der Waals surface area contributed by atoms with Crippen molar-refractivity contribution < 1.29 is 14.3 Å². The highest BCUT2D eigenvalue weighted by Crippen LogP contribution is 2.38. The lowest BCUT2D eigenvalue weighted by molar-refractivity contribution is -0.133. The predicted molar refractivity (Wildman–Crippen MR) is 154 cm³/mol. The molecular weight excluding hydrogens is 490 g/mol. The first-order valence-corrected chi connectivity index (χ1v) is 12.9. The van der Waals surface area contributed by atoms with Crippen molar-refractivity contribution in [1.82, 2.24) is 15.2 Å². The van der Waals surface area contributed by atoms with Crippen molar-refractivity contribution in [2.45, 2.75) is 25.7 Å². The topological polar surface area (TPSA) is 101 Å². The highest BCUT2D eigenvalue weighted by atomic mass is 16.5. The van der Waals surface area contributed by atoms with Crippen LogP contribution in [0, 0.1) is 0 Å². The van der Waals surface area contributed by atoms with E-state index >= 15 is 0 Å². The maximum Gasteiger partial charge on any atom is 0.342 e. The van der Waals surface area contributed by atoms with Gasteiger partial charge in [0.1, 0.15) is 23.0 Å². The number of carbonyl (C=O) groups excluding carboxylic acids is 1. The summed E-state index contributed by atoms with van der Waals surface area (Å²) in [6.45, 7) is 0. The quantitative estimate of drug-likeness (QED) is 0.171. The van der Waals surface area contributed by atoms with Crippen molar-refractivity contribution in [3.05, 3.63) is 102 Å². The zero-order valence-corrected chi connectivity index (χ0v) is 22.0. The standard InChI is InChI=1S/C31H31N5O3/c1-38-24-18-16-22(17-19-24)27(31(37)39-2)29(33-25-15-9-10-20-32-25)34-30-26(21-11-5-3-6-12-21)28(35-36-30)23-13-7-4-8-14-23/h4,7-11,13-20H,3,5-6,12H2,1-2H3,(H,32,33)(H2,34,35,36)/b29-27-. The van der Waals surface area contributed by atoms with E-state index in [2.05, 4.69) is 38.9 Å². The van der Waals surface area contributed by atoms with Gasteiger partial charge in [-0.05, 0) is 61.1 Å². The number of methoxy groups -OCH3 is 2. The van der Waals surface area contributed by atoms with Gasteiger partial charge in [0.25, 0.3) is 0 Å². The molecule has 1 aliphatic rings. The van der Waals surface area contributed by atoms with E-state index in [-0.39, 0.29) is 0 Å². The molecule has 2 aromatic carbocycles. The van der Waals surface area contributed by atoms with Gasteiger partial charge in [-0.1, -0.05) is 54.6 Å². The second-order valence-electron chi connectivity index (χ2n) is 9.10. The summed E-state index contributed by atoms with van der Waals surface area (Å²) >= 11 is 0. The zero-order chi connectivity index (χ0) is 27.0. The van der Waals surface area contributed by atoms with Gasteiger partial charge in [0.05, 0.1) is 19.9 Å². The van der Waals surface area contributed by atoms with Crippen LogP contribution in [0.4, 0.5) is 11.6 Å². The minimum absolute atomic E-state index is 0.304. The van der Waals surface area contributed by atoms with Gasteiger partial charge >= 0.3 is 5.97 Å². The Kier molecular flexibility index (Phi) is 8.02. The van der Waals surface area contributed by atoms with E-state index in [4.69, 9.17) is 14.6 Å². The van der Waals surface area contributed by atoms with Crippen LogP contribution in [0.2, 0.25) is 0 Å². The number of allylic oxidation sites excluding steroid dienone is 2. The second kappa shape index (κ2) is 12.1. The Morgan fingerprint density at radius 2 is 1.72 bits per heavy atom. The Morgan fingerprint density at radius 1 is 0.923 bits per heavy atom. The summed E-state index contributed by atoms with van der Waals surface area (Å²) in [6, 6.07) is 22.9. The van der Waals surface area contributed by atoms with Gasteiger partial charge in [-0.25, -0.2) is 9.78 Å². The first kappa shape index (κ1) is 25.8. The van der Waals surface area contributed by atoms with Crippen molar-refractivity contribution in [3.8, 4) is 17.0 Å². The third-order valence-electron chi connectivity index (χ3n) is 6.62. The number of aromatic amines is 1. The number of H-pyrrole nitrogens is 1. The lowest BCUT2D eigenvalue weighted by atomic mass is 9.91. The molecule has 39 heavy (non-hydrogen) atoms. The number of hydrogen-bond acceptors (Lipinski definition) is 7. The largest absolute Gasteiger partial charge is 0.497 e. The van der Waals surface area contributed by atoms with E-state index in [9.17, 15) is 4.79 Å². The van der Waals surface area contributed by atoms with Gasteiger partial charge in [0, 0.05) is 17.3 Å². The van der Waals surface area contributed by atoms with Crippen molar-refractivity contribution in [3.63, 3.8) is 0 Å². The zero-order valence-electron chi connectivity index (χ0n) is 22.0. The fraction of sp³-hybridized carbons (Fsp3) is 0.194. The van der Waals surface area contributed by atoms with Crippen LogP contribution in [0.1, 0.15) is 36.8 Å². The van der Waals surface area contributed by atoms with Crippen LogP contribution in [-0.2, 0) is 9.53 Å². The fourth-order valence-corrected chi connectivity index (χ4v) is 4.69. The average Bonchev–Trinajstić information content (AvgIpc) is 3.42. The smallest absolute Gasteiger partial charge is 0.342 e. The average molecular weight is 522 g/mol. The van der Waals surface area contributed by atoms with Crippen LogP contribution in [0.3, 0.4) is 0 Å². The number of nitrogens with one attached hydrogen (secondary N) is 3. The normalized spacial score (nSPS) is 13.6. The lowest BCUT2D eigenvalue weighted by Crippen LogP contribution is -2.19. The van der Waals surface area contributed by atoms with Crippen molar-refractivity contribution in [2.75, 3.05) is 24.9 Å². The highest BCUT2D eigenvalue weighted by Gasteiger charge is 2.25. The minimum atomic E-state index is -0.511. The molecule has 0 atom stereocenters. The number of benzene rings is 2. The number of pyridine rings is 1. The Bertz CT molecular complexity index is 1480. The highest BCUT2D eigenvalue weighted by molar-refractivity contribution is 6.18. The first-order valence-electron chi connectivity index (χ1n) is 12.9. The molecule has 8 heteroatoms. The molecule has 0 saturated heterocycles. The molecule has 1 aliphatic carbocycles. The van der Waals surface area contributed by atoms with E-state index in [0.29, 0.717) is 34.3 Å². The third-order valence-corrected chi connectivity index (χ3v) is 6.62. The van der Waals surface area contributed by atoms with Crippen LogP contribution in [-0.4, -0.2) is 35.4 Å². The van der Waals surface area contributed by atoms with E-state index in [1.54, 1.807) is 25.4 Å². The van der Waals surface area contributed by atoms with E-state index < -0.39 is 5.97 Å². The first-order chi connectivity index (χ1) is 19.2. The number of hydrogen-bond donors (Lipinski definition) is 3. The number of nitrogens with zero attached hydrogens (tertiary/aromatic N) is 2. The molecule has 0 aliphatic heterocycles. The van der Waals surface area contributed by atoms with E-state index in [1.807, 2.05) is 48.5 Å². The van der Waals surface area contributed by atoms with Crippen LogP contribution < -0.4 is 15.4 Å². The second-order valence-corrected chi connectivity index (χ2v) is 9.10. The number of ether oxygens (including phenoxy) is 2. The van der Waals surface area contributed by atoms with Crippen molar-refractivity contribution >= 4 is 28.8 Å². The summed E-state index contributed by atoms with van der Waals surface area (Å²) in [5, 5.41) is 14.7. The predicted octanol–water partition coefficient (Wildman–Crippen LogP) is 6.50. The maximum atomic E-state index is 13.3. The molecule has 2 heterocycles. The Labute approximate surface area is 227 Å². The third kappa shape index (κ3) is 5.85. The number of anilines is 2. The number of carbonyl (C=O) groups is 1. The molecule has 2 aromatic heterocycles. The Morgan fingerprint density at radius 3 is 2.38 bits per heavy atom. The Balaban J connectivity index is 1.67. The van der Waals surface area contributed by atoms with E-state index in [1.165, 1.54) is 19.1 Å². The van der Waals surface area contributed by atoms with Crippen LogP contribution in [0.15, 0.2) is 90.9 Å². The summed E-state index contributed by atoms with van der Waals surface area (Å²) in [5.41, 5.74) is 5.11. The maximum absolute atomic E-state index is 13.3. The molecule has 4 aromatic rings. The van der Waals surface area contributed by atoms with Gasteiger partial charge in [-0.15, -0.1) is 0 Å². The fourth-order valence-electron chi connectivity index (χ4n) is 4.69. The van der Waals surface area contributed by atoms with Gasteiger partial charge in [-0.3, -0.25) is 5.10 Å². The molecule has 0 bridgehead atoms. The summed E-state index contributed by atoms with van der Waals surface area (Å²) < 4.78 is 10.6. The van der Waals surface area contributed by atoms with Gasteiger partial charge < -0.3 is 20.1 Å². The van der Waals surface area contributed by atoms with Crippen LogP contribution in [0.25, 0.3) is 22.4 Å². The summed E-state index contributed by atoms with van der Waals surface area (Å²) in [6.07, 6.45) is 8.21. The van der Waals surface area contributed by atoms with E-state index in [0.717, 1.165) is 36.1 Å². The molecule has 0 fully saturated rings. The number of esters is 1. The molecular formula is C31H31N5O3. The molecule has 8 nitrogen and oxygen atoms in total. The molecule has 198 valence electrons. The number of aromatic nitrogens is 3. The van der Waals surface area contributed by atoms with Gasteiger partial charge in [0.15, 0.2) is 5.82 Å². The van der Waals surface area contributed by atoms with Crippen molar-refractivity contribution in [1.29, 1.82) is 0 Å². The molecule has 0 spiro atoms. The van der Waals surface area contributed by atoms with Gasteiger partial charge in [0.2, 0.25) is 0 Å². The van der Waals surface area contributed by atoms with Crippen molar-refractivity contribution in [2.24, 2.45) is 0 Å². The summed E-state index contributed by atoms with van der Waals surface area (Å²) in [4.78, 5) is 17.7. The minimum Gasteiger partial charge on any atom is -0.497 e. The lowest BCUT2D eigenvalue weighted by Gasteiger charge is -2.19. The number of rotatable bonds is 9. The van der Waals surface area contributed by atoms with Gasteiger partial charge in [-0.2, -0.15) is 5.10 Å². The van der Waals surface area contributed by atoms with Crippen LogP contribution >= 0.6 is 0 Å². The monoisotopic (exact) mass is 521 g/mol. The summed E-state index contributed by atoms with van der Waals surface area (Å²) in [7, 11) is 2.97. The van der Waals surface area contributed by atoms with Crippen LogP contribution in [0.5, 0.6) is 5.75 Å². The molecule has 0 radical (unpaired) electrons. The molecule has 5 rings (SSSR count).